The van der Waals surface area contributed by atoms with E-state index in [1.54, 1.807) is 13.2 Å². The van der Waals surface area contributed by atoms with Gasteiger partial charge in [0.05, 0.1) is 19.3 Å². The van der Waals surface area contributed by atoms with Crippen molar-refractivity contribution in [1.82, 2.24) is 4.90 Å². The molecule has 0 unspecified atom stereocenters. The lowest BCUT2D eigenvalue weighted by Gasteiger charge is -2.21. The number of rotatable bonds is 8. The van der Waals surface area contributed by atoms with Crippen LogP contribution in [0.25, 0.3) is 0 Å². The van der Waals surface area contributed by atoms with Crippen molar-refractivity contribution in [2.24, 2.45) is 0 Å². The summed E-state index contributed by atoms with van der Waals surface area (Å²) in [7, 11) is 1.56. The largest absolute Gasteiger partial charge is 0.495 e. The minimum Gasteiger partial charge on any atom is -0.495 e. The molecule has 1 amide bonds. The number of anilines is 1. The molecule has 134 valence electrons. The van der Waals surface area contributed by atoms with Gasteiger partial charge in [-0.3, -0.25) is 9.69 Å². The van der Waals surface area contributed by atoms with Crippen LogP contribution in [-0.2, 0) is 11.3 Å². The Labute approximate surface area is 154 Å². The Bertz CT molecular complexity index is 704. The average molecular weight is 361 g/mol. The van der Waals surface area contributed by atoms with Crippen LogP contribution in [0.1, 0.15) is 24.5 Å². The SMILES string of the molecule is CCCN(CC(=O)Nc1cc(C)c(Cl)cc1OC)Cc1ccccc1. The number of aryl methyl sites for hydroxylation is 1. The van der Waals surface area contributed by atoms with Crippen molar-refractivity contribution in [1.29, 1.82) is 0 Å². The van der Waals surface area contributed by atoms with Gasteiger partial charge in [-0.05, 0) is 37.1 Å². The lowest BCUT2D eigenvalue weighted by atomic mass is 10.2. The molecule has 2 aromatic carbocycles. The van der Waals surface area contributed by atoms with E-state index >= 15 is 0 Å². The Morgan fingerprint density at radius 3 is 2.60 bits per heavy atom. The van der Waals surface area contributed by atoms with E-state index in [4.69, 9.17) is 16.3 Å². The molecule has 0 heterocycles. The summed E-state index contributed by atoms with van der Waals surface area (Å²) in [5.41, 5.74) is 2.74. The highest BCUT2D eigenvalue weighted by molar-refractivity contribution is 6.31. The van der Waals surface area contributed by atoms with Crippen LogP contribution < -0.4 is 10.1 Å². The molecule has 0 aliphatic rings. The van der Waals surface area contributed by atoms with E-state index in [0.29, 0.717) is 23.0 Å². The molecule has 0 aliphatic heterocycles. The van der Waals surface area contributed by atoms with Gasteiger partial charge >= 0.3 is 0 Å². The zero-order valence-corrected chi connectivity index (χ0v) is 15.8. The molecule has 0 aromatic heterocycles. The van der Waals surface area contributed by atoms with E-state index in [0.717, 1.165) is 25.1 Å². The second kappa shape index (κ2) is 9.44. The van der Waals surface area contributed by atoms with Gasteiger partial charge < -0.3 is 10.1 Å². The fraction of sp³-hybridized carbons (Fsp3) is 0.350. The number of amides is 1. The molecule has 0 saturated heterocycles. The van der Waals surface area contributed by atoms with Crippen molar-refractivity contribution >= 4 is 23.2 Å². The summed E-state index contributed by atoms with van der Waals surface area (Å²) in [5.74, 6) is 0.499. The molecule has 2 rings (SSSR count). The van der Waals surface area contributed by atoms with Crippen LogP contribution in [0.3, 0.4) is 0 Å². The number of halogens is 1. The number of hydrogen-bond acceptors (Lipinski definition) is 3. The van der Waals surface area contributed by atoms with Crippen molar-refractivity contribution in [3.05, 3.63) is 58.6 Å². The van der Waals surface area contributed by atoms with E-state index in [-0.39, 0.29) is 5.91 Å². The van der Waals surface area contributed by atoms with Crippen LogP contribution in [0.15, 0.2) is 42.5 Å². The molecule has 0 spiro atoms. The zero-order valence-electron chi connectivity index (χ0n) is 15.0. The third-order valence-corrected chi connectivity index (χ3v) is 4.32. The topological polar surface area (TPSA) is 41.6 Å². The number of carbonyl (C=O) groups excluding carboxylic acids is 1. The number of benzene rings is 2. The third kappa shape index (κ3) is 5.76. The summed E-state index contributed by atoms with van der Waals surface area (Å²) in [6.07, 6.45) is 0.990. The number of nitrogens with zero attached hydrogens (tertiary/aromatic N) is 1. The summed E-state index contributed by atoms with van der Waals surface area (Å²) in [6.45, 7) is 5.95. The number of carbonyl (C=O) groups is 1. The van der Waals surface area contributed by atoms with Gasteiger partial charge in [0.15, 0.2) is 0 Å². The molecule has 0 atom stereocenters. The fourth-order valence-corrected chi connectivity index (χ4v) is 2.85. The molecular weight excluding hydrogens is 336 g/mol. The van der Waals surface area contributed by atoms with Gasteiger partial charge in [-0.1, -0.05) is 48.9 Å². The van der Waals surface area contributed by atoms with Gasteiger partial charge in [0, 0.05) is 17.6 Å². The summed E-state index contributed by atoms with van der Waals surface area (Å²) in [5, 5.41) is 3.56. The van der Waals surface area contributed by atoms with Gasteiger partial charge in [-0.25, -0.2) is 0 Å². The molecule has 25 heavy (non-hydrogen) atoms. The summed E-state index contributed by atoms with van der Waals surface area (Å²) < 4.78 is 5.32. The van der Waals surface area contributed by atoms with Gasteiger partial charge in [-0.2, -0.15) is 0 Å². The standard InChI is InChI=1S/C20H25ClN2O2/c1-4-10-23(13-16-8-6-5-7-9-16)14-20(24)22-18-11-15(2)17(21)12-19(18)25-3/h5-9,11-12H,4,10,13-14H2,1-3H3,(H,22,24). The fourth-order valence-electron chi connectivity index (χ4n) is 2.69. The molecule has 0 saturated carbocycles. The minimum absolute atomic E-state index is 0.0654. The Morgan fingerprint density at radius 2 is 1.96 bits per heavy atom. The van der Waals surface area contributed by atoms with Crippen molar-refractivity contribution in [3.63, 3.8) is 0 Å². The van der Waals surface area contributed by atoms with Crippen molar-refractivity contribution in [2.45, 2.75) is 26.8 Å². The molecular formula is C20H25ClN2O2. The van der Waals surface area contributed by atoms with E-state index in [1.165, 1.54) is 5.56 Å². The van der Waals surface area contributed by atoms with Gasteiger partial charge in [0.2, 0.25) is 5.91 Å². The van der Waals surface area contributed by atoms with Crippen LogP contribution >= 0.6 is 11.6 Å². The van der Waals surface area contributed by atoms with E-state index in [1.807, 2.05) is 31.2 Å². The Morgan fingerprint density at radius 1 is 1.24 bits per heavy atom. The number of methoxy groups -OCH3 is 1. The van der Waals surface area contributed by atoms with Crippen molar-refractivity contribution < 1.29 is 9.53 Å². The maximum Gasteiger partial charge on any atom is 0.238 e. The predicted octanol–water partition coefficient (Wildman–Crippen LogP) is 4.51. The van der Waals surface area contributed by atoms with E-state index < -0.39 is 0 Å². The highest BCUT2D eigenvalue weighted by Crippen LogP contribution is 2.30. The maximum absolute atomic E-state index is 12.5. The molecule has 2 aromatic rings. The van der Waals surface area contributed by atoms with E-state index in [2.05, 4.69) is 29.3 Å². The van der Waals surface area contributed by atoms with Gasteiger partial charge in [0.25, 0.3) is 0 Å². The zero-order chi connectivity index (χ0) is 18.2. The predicted molar refractivity (Wildman–Crippen MR) is 103 cm³/mol. The summed E-state index contributed by atoms with van der Waals surface area (Å²) in [4.78, 5) is 14.6. The van der Waals surface area contributed by atoms with Crippen LogP contribution in [0.2, 0.25) is 5.02 Å². The lowest BCUT2D eigenvalue weighted by Crippen LogP contribution is -2.33. The van der Waals surface area contributed by atoms with Crippen LogP contribution in [0, 0.1) is 6.92 Å². The van der Waals surface area contributed by atoms with Gasteiger partial charge in [0.1, 0.15) is 5.75 Å². The first-order valence-corrected chi connectivity index (χ1v) is 8.81. The minimum atomic E-state index is -0.0654. The normalized spacial score (nSPS) is 10.8. The molecule has 0 aliphatic carbocycles. The average Bonchev–Trinajstić information content (AvgIpc) is 2.59. The van der Waals surface area contributed by atoms with Crippen LogP contribution in [-0.4, -0.2) is 31.0 Å². The highest BCUT2D eigenvalue weighted by atomic mass is 35.5. The van der Waals surface area contributed by atoms with Crippen molar-refractivity contribution in [2.75, 3.05) is 25.5 Å². The third-order valence-electron chi connectivity index (χ3n) is 3.91. The summed E-state index contributed by atoms with van der Waals surface area (Å²) >= 11 is 6.12. The van der Waals surface area contributed by atoms with Gasteiger partial charge in [-0.15, -0.1) is 0 Å². The molecule has 0 fully saturated rings. The molecule has 4 nitrogen and oxygen atoms in total. The van der Waals surface area contributed by atoms with Crippen molar-refractivity contribution in [3.8, 4) is 5.75 Å². The molecule has 1 N–H and O–H groups in total. The Kier molecular flexibility index (Phi) is 7.29. The first-order chi connectivity index (χ1) is 12.0. The van der Waals surface area contributed by atoms with Crippen LogP contribution in [0.5, 0.6) is 5.75 Å². The highest BCUT2D eigenvalue weighted by Gasteiger charge is 2.14. The number of ether oxygens (including phenoxy) is 1. The molecule has 5 heteroatoms. The Hall–Kier alpha value is -2.04. The second-order valence-corrected chi connectivity index (χ2v) is 6.45. The van der Waals surface area contributed by atoms with E-state index in [9.17, 15) is 4.79 Å². The summed E-state index contributed by atoms with van der Waals surface area (Å²) in [6, 6.07) is 13.7. The Balaban J connectivity index is 2.05. The molecule has 0 radical (unpaired) electrons. The quantitative estimate of drug-likeness (QED) is 0.753. The second-order valence-electron chi connectivity index (χ2n) is 6.05. The first-order valence-electron chi connectivity index (χ1n) is 8.43. The monoisotopic (exact) mass is 360 g/mol. The first kappa shape index (κ1) is 19.3. The number of nitrogens with one attached hydrogen (secondary N) is 1. The number of hydrogen-bond donors (Lipinski definition) is 1. The lowest BCUT2D eigenvalue weighted by molar-refractivity contribution is -0.117. The molecule has 0 bridgehead atoms. The maximum atomic E-state index is 12.5. The van der Waals surface area contributed by atoms with Crippen LogP contribution in [0.4, 0.5) is 5.69 Å². The smallest absolute Gasteiger partial charge is 0.238 e.